The minimum absolute atomic E-state index is 0.212. The Morgan fingerprint density at radius 1 is 1.00 bits per heavy atom. The van der Waals surface area contributed by atoms with Gasteiger partial charge < -0.3 is 9.47 Å². The average molecular weight is 444 g/mol. The van der Waals surface area contributed by atoms with E-state index >= 15 is 0 Å². The van der Waals surface area contributed by atoms with Crippen molar-refractivity contribution in [2.75, 3.05) is 26.2 Å². The van der Waals surface area contributed by atoms with E-state index in [1.165, 1.54) is 43.4 Å². The lowest BCUT2D eigenvalue weighted by Crippen LogP contribution is -2.72. The van der Waals surface area contributed by atoms with Crippen LogP contribution in [0.2, 0.25) is 0 Å². The molecule has 4 aromatic rings. The summed E-state index contributed by atoms with van der Waals surface area (Å²) in [4.78, 5) is 17.3. The van der Waals surface area contributed by atoms with E-state index in [1.54, 1.807) is 6.92 Å². The van der Waals surface area contributed by atoms with Crippen molar-refractivity contribution in [3.05, 3.63) is 59.0 Å². The predicted octanol–water partition coefficient (Wildman–Crippen LogP) is 5.52. The van der Waals surface area contributed by atoms with E-state index in [4.69, 9.17) is 0 Å². The smallest absolute Gasteiger partial charge is 0.219 e. The number of rotatable bonds is 4. The molecule has 2 aromatic carbocycles. The molecule has 1 spiro atoms. The summed E-state index contributed by atoms with van der Waals surface area (Å²) >= 11 is 1.82. The third kappa shape index (κ3) is 3.10. The quantitative estimate of drug-likeness (QED) is 0.416. The minimum atomic E-state index is 0.212. The molecule has 0 bridgehead atoms. The van der Waals surface area contributed by atoms with Gasteiger partial charge in [-0.05, 0) is 60.2 Å². The summed E-state index contributed by atoms with van der Waals surface area (Å²) in [6, 6.07) is 16.2. The zero-order valence-electron chi connectivity index (χ0n) is 19.0. The lowest BCUT2D eigenvalue weighted by Gasteiger charge is -2.60. The van der Waals surface area contributed by atoms with Crippen molar-refractivity contribution in [1.82, 2.24) is 14.4 Å². The predicted molar refractivity (Wildman–Crippen MR) is 133 cm³/mol. The molecule has 0 radical (unpaired) electrons. The van der Waals surface area contributed by atoms with E-state index in [9.17, 15) is 4.79 Å². The molecule has 0 unspecified atom stereocenters. The molecule has 0 aliphatic carbocycles. The standard InChI is InChI=1S/C27H29N3OS/c1-4-30-24-8-5-20(12-28-14-27(15-28)16-29(17-27)19(3)31)10-23(24)22-7-6-21(11-25(22)30)26-9-18(2)13-32-26/h5-11,13H,4,12,14-17H2,1-3H3. The summed E-state index contributed by atoms with van der Waals surface area (Å²) in [5.74, 6) is 0.212. The van der Waals surface area contributed by atoms with Gasteiger partial charge in [-0.1, -0.05) is 18.2 Å². The van der Waals surface area contributed by atoms with Gasteiger partial charge >= 0.3 is 0 Å². The molecular weight excluding hydrogens is 414 g/mol. The molecule has 0 N–H and O–H groups in total. The molecule has 0 saturated carbocycles. The highest BCUT2D eigenvalue weighted by atomic mass is 32.1. The fourth-order valence-corrected chi connectivity index (χ4v) is 6.68. The summed E-state index contributed by atoms with van der Waals surface area (Å²) in [6.07, 6.45) is 0. The molecule has 4 nitrogen and oxygen atoms in total. The third-order valence-electron chi connectivity index (χ3n) is 7.28. The first kappa shape index (κ1) is 20.0. The van der Waals surface area contributed by atoms with Gasteiger partial charge in [0.1, 0.15) is 0 Å². The number of thiophene rings is 1. The maximum Gasteiger partial charge on any atom is 0.219 e. The van der Waals surface area contributed by atoms with Crippen LogP contribution in [0, 0.1) is 12.3 Å². The van der Waals surface area contributed by atoms with Crippen LogP contribution in [-0.4, -0.2) is 46.5 Å². The van der Waals surface area contributed by atoms with E-state index in [0.717, 1.165) is 39.3 Å². The summed E-state index contributed by atoms with van der Waals surface area (Å²) in [5, 5.41) is 4.93. The Kier molecular flexibility index (Phi) is 4.50. The van der Waals surface area contributed by atoms with Crippen LogP contribution < -0.4 is 0 Å². The Morgan fingerprint density at radius 2 is 1.81 bits per heavy atom. The zero-order valence-corrected chi connectivity index (χ0v) is 19.8. The Balaban J connectivity index is 1.28. The molecular formula is C27H29N3OS. The second kappa shape index (κ2) is 7.19. The first-order valence-corrected chi connectivity index (χ1v) is 12.4. The molecule has 2 aliphatic rings. The number of amides is 1. The van der Waals surface area contributed by atoms with Gasteiger partial charge in [-0.15, -0.1) is 11.3 Å². The molecule has 5 heteroatoms. The van der Waals surface area contributed by atoms with E-state index in [1.807, 2.05) is 16.2 Å². The third-order valence-corrected chi connectivity index (χ3v) is 8.38. The molecule has 2 saturated heterocycles. The Morgan fingerprint density at radius 3 is 2.50 bits per heavy atom. The van der Waals surface area contributed by atoms with Crippen molar-refractivity contribution in [3.8, 4) is 10.4 Å². The molecule has 0 atom stereocenters. The van der Waals surface area contributed by atoms with Gasteiger partial charge in [0.25, 0.3) is 0 Å². The lowest BCUT2D eigenvalue weighted by molar-refractivity contribution is -0.157. The van der Waals surface area contributed by atoms with Crippen LogP contribution in [0.1, 0.15) is 25.0 Å². The molecule has 32 heavy (non-hydrogen) atoms. The summed E-state index contributed by atoms with van der Waals surface area (Å²) in [5.41, 5.74) is 7.02. The highest BCUT2D eigenvalue weighted by molar-refractivity contribution is 7.13. The van der Waals surface area contributed by atoms with Crippen molar-refractivity contribution < 1.29 is 4.79 Å². The molecule has 164 valence electrons. The summed E-state index contributed by atoms with van der Waals surface area (Å²) in [7, 11) is 0. The van der Waals surface area contributed by atoms with E-state index in [-0.39, 0.29) is 5.91 Å². The number of benzene rings is 2. The number of aromatic nitrogens is 1. The molecule has 2 fully saturated rings. The van der Waals surface area contributed by atoms with Crippen LogP contribution in [0.15, 0.2) is 47.8 Å². The number of carbonyl (C=O) groups excluding carboxylic acids is 1. The van der Waals surface area contributed by atoms with Crippen LogP contribution in [0.4, 0.5) is 0 Å². The maximum atomic E-state index is 11.5. The maximum absolute atomic E-state index is 11.5. The molecule has 2 aliphatic heterocycles. The van der Waals surface area contributed by atoms with Gasteiger partial charge in [-0.25, -0.2) is 0 Å². The van der Waals surface area contributed by atoms with Gasteiger partial charge in [0.05, 0.1) is 0 Å². The van der Waals surface area contributed by atoms with Gasteiger partial charge in [-0.2, -0.15) is 0 Å². The highest BCUT2D eigenvalue weighted by Gasteiger charge is 2.52. The SMILES string of the molecule is CCn1c2ccc(CN3CC4(C3)CN(C(C)=O)C4)cc2c2ccc(-c3cc(C)cs3)cc21. The van der Waals surface area contributed by atoms with Gasteiger partial charge in [0, 0.05) is 78.3 Å². The van der Waals surface area contributed by atoms with Gasteiger partial charge in [0.15, 0.2) is 0 Å². The normalized spacial score (nSPS) is 17.8. The van der Waals surface area contributed by atoms with Gasteiger partial charge in [0.2, 0.25) is 5.91 Å². The molecule has 2 aromatic heterocycles. The topological polar surface area (TPSA) is 28.5 Å². The van der Waals surface area contributed by atoms with Crippen LogP contribution in [-0.2, 0) is 17.9 Å². The van der Waals surface area contributed by atoms with E-state index in [2.05, 4.69) is 71.2 Å². The largest absolute Gasteiger partial charge is 0.341 e. The monoisotopic (exact) mass is 443 g/mol. The summed E-state index contributed by atoms with van der Waals surface area (Å²) in [6.45, 7) is 12.1. The fourth-order valence-electron chi connectivity index (χ4n) is 5.78. The number of carbonyl (C=O) groups is 1. The lowest BCUT2D eigenvalue weighted by atomic mass is 9.72. The second-order valence-electron chi connectivity index (χ2n) is 9.84. The van der Waals surface area contributed by atoms with E-state index < -0.39 is 0 Å². The fraction of sp³-hybridized carbons (Fsp3) is 0.370. The average Bonchev–Trinajstić information content (AvgIpc) is 3.28. The van der Waals surface area contributed by atoms with Crippen molar-refractivity contribution in [3.63, 3.8) is 0 Å². The van der Waals surface area contributed by atoms with Crippen molar-refractivity contribution >= 4 is 39.0 Å². The number of hydrogen-bond acceptors (Lipinski definition) is 3. The number of hydrogen-bond donors (Lipinski definition) is 0. The number of likely N-dealkylation sites (tertiary alicyclic amines) is 2. The zero-order chi connectivity index (χ0) is 22.0. The van der Waals surface area contributed by atoms with E-state index in [0.29, 0.717) is 5.41 Å². The number of nitrogens with zero attached hydrogens (tertiary/aromatic N) is 3. The van der Waals surface area contributed by atoms with Gasteiger partial charge in [-0.3, -0.25) is 9.69 Å². The molecule has 1 amide bonds. The number of fused-ring (bicyclic) bond motifs is 3. The number of aryl methyl sites for hydroxylation is 2. The van der Waals surface area contributed by atoms with Crippen molar-refractivity contribution in [1.29, 1.82) is 0 Å². The second-order valence-corrected chi connectivity index (χ2v) is 10.7. The minimum Gasteiger partial charge on any atom is -0.341 e. The van der Waals surface area contributed by atoms with Crippen LogP contribution in [0.25, 0.3) is 32.2 Å². The Hall–Kier alpha value is -2.63. The van der Waals surface area contributed by atoms with Crippen molar-refractivity contribution in [2.45, 2.75) is 33.9 Å². The van der Waals surface area contributed by atoms with Crippen LogP contribution in [0.5, 0.6) is 0 Å². The van der Waals surface area contributed by atoms with Crippen LogP contribution >= 0.6 is 11.3 Å². The molecule has 4 heterocycles. The van der Waals surface area contributed by atoms with Crippen molar-refractivity contribution in [2.24, 2.45) is 5.41 Å². The highest BCUT2D eigenvalue weighted by Crippen LogP contribution is 2.41. The Bertz CT molecular complexity index is 1350. The first-order chi connectivity index (χ1) is 15.4. The summed E-state index contributed by atoms with van der Waals surface area (Å²) < 4.78 is 2.45. The first-order valence-electron chi connectivity index (χ1n) is 11.5. The van der Waals surface area contributed by atoms with Crippen LogP contribution in [0.3, 0.4) is 0 Å². The molecule has 6 rings (SSSR count). The Labute approximate surface area is 193 Å².